The van der Waals surface area contributed by atoms with Crippen molar-refractivity contribution < 1.29 is 14.0 Å². The number of anilines is 2. The van der Waals surface area contributed by atoms with Crippen molar-refractivity contribution >= 4 is 34.2 Å². The number of fused-ring (bicyclic) bond motifs is 1. The molecule has 29 heavy (non-hydrogen) atoms. The minimum atomic E-state index is -1.07. The summed E-state index contributed by atoms with van der Waals surface area (Å²) in [6, 6.07) is 8.88. The van der Waals surface area contributed by atoms with Crippen molar-refractivity contribution in [2.75, 3.05) is 18.1 Å². The van der Waals surface area contributed by atoms with Crippen LogP contribution in [0.15, 0.2) is 36.5 Å². The number of hydrogen-bond donors (Lipinski definition) is 3. The number of aromatic nitrogens is 2. The SMILES string of the molecule is CNC(=O)c1ccc(-c2cc3cc(NC(=O)[C@H]4C[C@H]4F)ncc3c(N)n2)c(C)c1. The van der Waals surface area contributed by atoms with E-state index in [-0.39, 0.29) is 18.2 Å². The molecule has 3 aromatic rings. The van der Waals surface area contributed by atoms with Crippen LogP contribution in [0.25, 0.3) is 22.0 Å². The van der Waals surface area contributed by atoms with Crippen LogP contribution in [0.2, 0.25) is 0 Å². The molecular weight excluding hydrogens is 373 g/mol. The van der Waals surface area contributed by atoms with Gasteiger partial charge in [-0.25, -0.2) is 14.4 Å². The van der Waals surface area contributed by atoms with Crippen molar-refractivity contribution in [3.8, 4) is 11.3 Å². The van der Waals surface area contributed by atoms with Gasteiger partial charge in [0.1, 0.15) is 17.8 Å². The van der Waals surface area contributed by atoms with E-state index in [0.29, 0.717) is 28.3 Å². The van der Waals surface area contributed by atoms with E-state index in [0.717, 1.165) is 16.5 Å². The Bertz CT molecular complexity index is 1150. The van der Waals surface area contributed by atoms with E-state index in [9.17, 15) is 14.0 Å². The zero-order valence-electron chi connectivity index (χ0n) is 16.0. The second-order valence-corrected chi connectivity index (χ2v) is 7.14. The summed E-state index contributed by atoms with van der Waals surface area (Å²) < 4.78 is 13.1. The molecule has 0 radical (unpaired) electrons. The van der Waals surface area contributed by atoms with Crippen LogP contribution in [-0.4, -0.2) is 35.0 Å². The lowest BCUT2D eigenvalue weighted by molar-refractivity contribution is -0.117. The Morgan fingerprint density at radius 1 is 1.24 bits per heavy atom. The summed E-state index contributed by atoms with van der Waals surface area (Å²) >= 11 is 0. The van der Waals surface area contributed by atoms with Crippen LogP contribution in [0, 0.1) is 12.8 Å². The van der Waals surface area contributed by atoms with E-state index in [1.807, 2.05) is 19.1 Å². The van der Waals surface area contributed by atoms with Crippen LogP contribution in [0.1, 0.15) is 22.3 Å². The molecule has 8 heteroatoms. The van der Waals surface area contributed by atoms with Crippen molar-refractivity contribution in [2.24, 2.45) is 5.92 Å². The minimum absolute atomic E-state index is 0.164. The zero-order valence-corrected chi connectivity index (χ0v) is 16.0. The standard InChI is InChI=1S/C21H20FN5O2/c1-10-5-11(20(28)24-2)3-4-13(10)17-6-12-7-18(25-9-15(12)19(23)26-17)27-21(29)14-8-16(14)22/h3-7,9,14,16H,8H2,1-2H3,(H2,23,26)(H,24,28)(H,25,27,29)/t14-,16+/m0/s1. The number of alkyl halides is 1. The molecule has 0 aliphatic heterocycles. The maximum atomic E-state index is 13.1. The van der Waals surface area contributed by atoms with Crippen LogP contribution >= 0.6 is 0 Å². The molecule has 0 bridgehead atoms. The highest BCUT2D eigenvalue weighted by molar-refractivity contribution is 5.99. The summed E-state index contributed by atoms with van der Waals surface area (Å²) in [5.74, 6) is -0.476. The summed E-state index contributed by atoms with van der Waals surface area (Å²) in [5, 5.41) is 6.65. The van der Waals surface area contributed by atoms with Gasteiger partial charge in [-0.1, -0.05) is 6.07 Å². The molecule has 2 heterocycles. The Morgan fingerprint density at radius 3 is 2.66 bits per heavy atom. The molecule has 2 amide bonds. The third kappa shape index (κ3) is 3.61. The molecule has 4 rings (SSSR count). The minimum Gasteiger partial charge on any atom is -0.383 e. The molecule has 4 N–H and O–H groups in total. The third-order valence-electron chi connectivity index (χ3n) is 5.04. The third-order valence-corrected chi connectivity index (χ3v) is 5.04. The molecule has 0 spiro atoms. The second kappa shape index (κ2) is 7.12. The number of hydrogen-bond acceptors (Lipinski definition) is 5. The fraction of sp³-hybridized carbons (Fsp3) is 0.238. The molecule has 2 atom stereocenters. The molecule has 1 aliphatic carbocycles. The summed E-state index contributed by atoms with van der Waals surface area (Å²) in [7, 11) is 1.58. The largest absolute Gasteiger partial charge is 0.383 e. The van der Waals surface area contributed by atoms with Crippen molar-refractivity contribution in [3.63, 3.8) is 0 Å². The van der Waals surface area contributed by atoms with Gasteiger partial charge in [0, 0.05) is 29.8 Å². The number of nitrogens with one attached hydrogen (secondary N) is 2. The van der Waals surface area contributed by atoms with E-state index in [4.69, 9.17) is 5.73 Å². The smallest absolute Gasteiger partial charge is 0.251 e. The molecule has 0 saturated heterocycles. The molecule has 1 fully saturated rings. The van der Waals surface area contributed by atoms with Crippen LogP contribution in [0.4, 0.5) is 16.0 Å². The highest BCUT2D eigenvalue weighted by atomic mass is 19.1. The van der Waals surface area contributed by atoms with Gasteiger partial charge in [-0.15, -0.1) is 0 Å². The first-order chi connectivity index (χ1) is 13.9. The van der Waals surface area contributed by atoms with Gasteiger partial charge in [0.2, 0.25) is 5.91 Å². The molecule has 1 aromatic carbocycles. The van der Waals surface area contributed by atoms with E-state index >= 15 is 0 Å². The predicted octanol–water partition coefficient (Wildman–Crippen LogP) is 2.84. The van der Waals surface area contributed by atoms with Gasteiger partial charge in [0.05, 0.1) is 11.6 Å². The number of nitrogens with two attached hydrogens (primary N) is 1. The zero-order chi connectivity index (χ0) is 20.7. The van der Waals surface area contributed by atoms with Crippen LogP contribution in [0.5, 0.6) is 0 Å². The Labute approximate surface area is 166 Å². The molecular formula is C21H20FN5O2. The predicted molar refractivity (Wildman–Crippen MR) is 109 cm³/mol. The van der Waals surface area contributed by atoms with Gasteiger partial charge in [-0.05, 0) is 48.6 Å². The highest BCUT2D eigenvalue weighted by Gasteiger charge is 2.43. The van der Waals surface area contributed by atoms with Crippen LogP contribution < -0.4 is 16.4 Å². The summed E-state index contributed by atoms with van der Waals surface area (Å²) in [5.41, 5.74) is 9.04. The number of nitrogens with zero attached hydrogens (tertiary/aromatic N) is 2. The molecule has 148 valence electrons. The van der Waals surface area contributed by atoms with Gasteiger partial charge in [-0.3, -0.25) is 9.59 Å². The molecule has 2 aromatic heterocycles. The lowest BCUT2D eigenvalue weighted by atomic mass is 10.0. The van der Waals surface area contributed by atoms with Crippen LogP contribution in [-0.2, 0) is 4.79 Å². The Hall–Kier alpha value is -3.55. The summed E-state index contributed by atoms with van der Waals surface area (Å²) in [6.07, 6.45) is 0.729. The molecule has 1 aliphatic rings. The first kappa shape index (κ1) is 18.8. The van der Waals surface area contributed by atoms with Crippen molar-refractivity contribution in [2.45, 2.75) is 19.5 Å². The Kier molecular flexibility index (Phi) is 4.62. The number of aryl methyl sites for hydroxylation is 1. The summed E-state index contributed by atoms with van der Waals surface area (Å²) in [6.45, 7) is 1.89. The average molecular weight is 393 g/mol. The number of benzene rings is 1. The number of pyridine rings is 2. The van der Waals surface area contributed by atoms with Gasteiger partial charge in [0.15, 0.2) is 0 Å². The number of amides is 2. The number of carbonyl (C=O) groups is 2. The normalized spacial score (nSPS) is 17.8. The lowest BCUT2D eigenvalue weighted by Gasteiger charge is -2.11. The molecule has 0 unspecified atom stereocenters. The van der Waals surface area contributed by atoms with E-state index < -0.39 is 12.1 Å². The Morgan fingerprint density at radius 2 is 2.00 bits per heavy atom. The lowest BCUT2D eigenvalue weighted by Crippen LogP contribution is -2.17. The molecule has 7 nitrogen and oxygen atoms in total. The molecule has 1 saturated carbocycles. The Balaban J connectivity index is 1.70. The second-order valence-electron chi connectivity index (χ2n) is 7.14. The van der Waals surface area contributed by atoms with E-state index in [2.05, 4.69) is 20.6 Å². The van der Waals surface area contributed by atoms with Gasteiger partial charge < -0.3 is 16.4 Å². The van der Waals surface area contributed by atoms with Gasteiger partial charge >= 0.3 is 0 Å². The first-order valence-electron chi connectivity index (χ1n) is 9.21. The highest BCUT2D eigenvalue weighted by Crippen LogP contribution is 2.35. The quantitative estimate of drug-likeness (QED) is 0.631. The number of rotatable bonds is 4. The fourth-order valence-corrected chi connectivity index (χ4v) is 3.27. The van der Waals surface area contributed by atoms with Crippen molar-refractivity contribution in [1.82, 2.24) is 15.3 Å². The average Bonchev–Trinajstić information content (AvgIpc) is 3.43. The van der Waals surface area contributed by atoms with Crippen molar-refractivity contribution in [3.05, 3.63) is 47.7 Å². The number of nitrogen functional groups attached to an aromatic ring is 1. The number of carbonyl (C=O) groups excluding carboxylic acids is 2. The number of halogens is 1. The monoisotopic (exact) mass is 393 g/mol. The van der Waals surface area contributed by atoms with E-state index in [1.165, 1.54) is 0 Å². The fourth-order valence-electron chi connectivity index (χ4n) is 3.27. The summed E-state index contributed by atoms with van der Waals surface area (Å²) in [4.78, 5) is 32.5. The maximum Gasteiger partial charge on any atom is 0.251 e. The topological polar surface area (TPSA) is 110 Å². The maximum absolute atomic E-state index is 13.1. The van der Waals surface area contributed by atoms with Crippen LogP contribution in [0.3, 0.4) is 0 Å². The van der Waals surface area contributed by atoms with Crippen molar-refractivity contribution in [1.29, 1.82) is 0 Å². The van der Waals surface area contributed by atoms with E-state index in [1.54, 1.807) is 31.4 Å². The van der Waals surface area contributed by atoms with Gasteiger partial charge in [-0.2, -0.15) is 0 Å². The van der Waals surface area contributed by atoms with Gasteiger partial charge in [0.25, 0.3) is 5.91 Å². The first-order valence-corrected chi connectivity index (χ1v) is 9.21.